The molecule has 0 heterocycles. The zero-order chi connectivity index (χ0) is 5.41. The summed E-state index contributed by atoms with van der Waals surface area (Å²) < 4.78 is 0. The third-order valence-electron chi connectivity index (χ3n) is 0. The van der Waals surface area contributed by atoms with Crippen LogP contribution in [0.25, 0.3) is 0 Å². The maximum atomic E-state index is 8.25. The standard InChI is InChI=1S/2CH2O2.Lu/c2*2-1-3;/h2*1H,(H,2,3);/p-2. The Labute approximate surface area is 69.3 Å². The van der Waals surface area contributed by atoms with E-state index in [1.807, 2.05) is 0 Å². The van der Waals surface area contributed by atoms with Crippen LogP contribution in [0.2, 0.25) is 0 Å². The second kappa shape index (κ2) is 35.0. The van der Waals surface area contributed by atoms with Crippen LogP contribution >= 0.6 is 0 Å². The summed E-state index contributed by atoms with van der Waals surface area (Å²) in [6.07, 6.45) is 0. The van der Waals surface area contributed by atoms with Gasteiger partial charge in [-0.1, -0.05) is 0 Å². The molecule has 0 unspecified atom stereocenters. The van der Waals surface area contributed by atoms with E-state index in [1.54, 1.807) is 0 Å². The number of carbonyl (C=O) groups excluding carboxylic acids is 2. The number of carboxylic acid groups (broad SMARTS) is 2. The summed E-state index contributed by atoms with van der Waals surface area (Å²) in [6, 6.07) is 0. The second-order valence-electron chi connectivity index (χ2n) is 0.192. The molecule has 0 bridgehead atoms. The van der Waals surface area contributed by atoms with Crippen LogP contribution in [0.5, 0.6) is 0 Å². The van der Waals surface area contributed by atoms with E-state index >= 15 is 0 Å². The van der Waals surface area contributed by atoms with Crippen LogP contribution in [-0.2, 0) is 9.59 Å². The zero-order valence-corrected chi connectivity index (χ0v) is 4.70. The summed E-state index contributed by atoms with van der Waals surface area (Å²) in [7, 11) is 0. The first-order valence-corrected chi connectivity index (χ1v) is 0.943. The van der Waals surface area contributed by atoms with E-state index in [-0.39, 0.29) is 36.9 Å². The molecule has 0 saturated carbocycles. The topological polar surface area (TPSA) is 80.3 Å². The fraction of sp³-hybridized carbons (Fsp3) is 0. The zero-order valence-electron chi connectivity index (χ0n) is 3.05. The van der Waals surface area contributed by atoms with E-state index in [0.29, 0.717) is 0 Å². The van der Waals surface area contributed by atoms with Gasteiger partial charge >= 0.3 is 0 Å². The average Bonchev–Trinajstić information content (AvgIpc) is 1.39. The van der Waals surface area contributed by atoms with Crippen molar-refractivity contribution in [3.8, 4) is 0 Å². The van der Waals surface area contributed by atoms with Crippen LogP contribution in [0.4, 0.5) is 0 Å². The molecule has 0 aromatic rings. The Morgan fingerprint density at radius 1 is 1.00 bits per heavy atom. The third-order valence-corrected chi connectivity index (χ3v) is 0. The van der Waals surface area contributed by atoms with Crippen molar-refractivity contribution in [2.75, 3.05) is 0 Å². The maximum absolute atomic E-state index is 8.25. The Morgan fingerprint density at radius 3 is 1.00 bits per heavy atom. The smallest absolute Gasteiger partial charge is 0.0275 e. The molecule has 0 aliphatic carbocycles. The number of carbonyl (C=O) groups is 2. The fourth-order valence-corrected chi connectivity index (χ4v) is 0. The van der Waals surface area contributed by atoms with E-state index in [0.717, 1.165) is 0 Å². The molecule has 0 aromatic carbocycles. The molecule has 0 atom stereocenters. The number of hydrogen-bond donors (Lipinski definition) is 0. The van der Waals surface area contributed by atoms with Crippen molar-refractivity contribution in [2.45, 2.75) is 0 Å². The molecule has 0 saturated heterocycles. The molecule has 0 N–H and O–H groups in total. The van der Waals surface area contributed by atoms with Crippen molar-refractivity contribution < 1.29 is 56.7 Å². The van der Waals surface area contributed by atoms with Crippen molar-refractivity contribution in [1.82, 2.24) is 0 Å². The van der Waals surface area contributed by atoms with E-state index < -0.39 is 12.9 Å². The summed E-state index contributed by atoms with van der Waals surface area (Å²) in [5, 5.41) is 16.5. The first kappa shape index (κ1) is 15.7. The Morgan fingerprint density at radius 2 is 1.00 bits per heavy atom. The van der Waals surface area contributed by atoms with E-state index in [9.17, 15) is 0 Å². The van der Waals surface area contributed by atoms with Gasteiger partial charge in [0.2, 0.25) is 0 Å². The molecular formula is C2H2LuO4-2. The Bertz CT molecular complexity index is 30.7. The van der Waals surface area contributed by atoms with Crippen molar-refractivity contribution in [3.63, 3.8) is 0 Å². The second-order valence-corrected chi connectivity index (χ2v) is 0.192. The van der Waals surface area contributed by atoms with Crippen LogP contribution in [0.1, 0.15) is 0 Å². The predicted octanol–water partition coefficient (Wildman–Crippen LogP) is -3.27. The average molecular weight is 265 g/mol. The number of rotatable bonds is 0. The molecule has 0 aliphatic rings. The van der Waals surface area contributed by atoms with Crippen LogP contribution in [0.15, 0.2) is 0 Å². The molecule has 0 spiro atoms. The van der Waals surface area contributed by atoms with Gasteiger partial charge in [0.05, 0.1) is 0 Å². The van der Waals surface area contributed by atoms with Crippen molar-refractivity contribution in [2.24, 2.45) is 0 Å². The van der Waals surface area contributed by atoms with Crippen molar-refractivity contribution >= 4 is 12.9 Å². The van der Waals surface area contributed by atoms with Gasteiger partial charge in [0, 0.05) is 49.8 Å². The van der Waals surface area contributed by atoms with Crippen molar-refractivity contribution in [1.29, 1.82) is 0 Å². The Balaban J connectivity index is -0.0000000400. The first-order chi connectivity index (χ1) is 2.83. The Kier molecular flexibility index (Phi) is 78.4. The van der Waals surface area contributed by atoms with Gasteiger partial charge in [0.1, 0.15) is 0 Å². The molecule has 1 radical (unpaired) electrons. The summed E-state index contributed by atoms with van der Waals surface area (Å²) in [5.74, 6) is 0. The van der Waals surface area contributed by atoms with Crippen LogP contribution in [-0.4, -0.2) is 12.9 Å². The molecule has 4 nitrogen and oxygen atoms in total. The van der Waals surface area contributed by atoms with Crippen LogP contribution in [0, 0.1) is 36.9 Å². The summed E-state index contributed by atoms with van der Waals surface area (Å²) >= 11 is 0. The molecular weight excluding hydrogens is 263 g/mol. The SMILES string of the molecule is O=C[O-].O=C[O-].[Lu]. The number of hydrogen-bond acceptors (Lipinski definition) is 4. The summed E-state index contributed by atoms with van der Waals surface area (Å²) in [5.41, 5.74) is 0. The van der Waals surface area contributed by atoms with E-state index in [2.05, 4.69) is 0 Å². The minimum atomic E-state index is -0.500. The molecule has 0 rings (SSSR count). The molecule has 0 amide bonds. The monoisotopic (exact) mass is 265 g/mol. The van der Waals surface area contributed by atoms with Gasteiger partial charge in [0.25, 0.3) is 0 Å². The van der Waals surface area contributed by atoms with Crippen LogP contribution < -0.4 is 10.2 Å². The Hall–Kier alpha value is 0.174. The van der Waals surface area contributed by atoms with Gasteiger partial charge in [-0.15, -0.1) is 0 Å². The minimum absolute atomic E-state index is 0. The van der Waals surface area contributed by atoms with Gasteiger partial charge in [-0.25, -0.2) is 0 Å². The normalized spacial score (nSPS) is 3.43. The molecule has 5 heteroatoms. The van der Waals surface area contributed by atoms with Crippen molar-refractivity contribution in [3.05, 3.63) is 0 Å². The molecule has 0 aliphatic heterocycles. The largest absolute Gasteiger partial charge is 0.554 e. The quantitative estimate of drug-likeness (QED) is 0.430. The van der Waals surface area contributed by atoms with Gasteiger partial charge < -0.3 is 19.8 Å². The molecule has 0 fully saturated rings. The molecule has 0 aromatic heterocycles. The van der Waals surface area contributed by atoms with Gasteiger partial charge in [-0.2, -0.15) is 0 Å². The molecule has 7 heavy (non-hydrogen) atoms. The first-order valence-electron chi connectivity index (χ1n) is 0.943. The van der Waals surface area contributed by atoms with Gasteiger partial charge in [-0.3, -0.25) is 0 Å². The van der Waals surface area contributed by atoms with Gasteiger partial charge in [-0.05, 0) is 0 Å². The van der Waals surface area contributed by atoms with Gasteiger partial charge in [0.15, 0.2) is 0 Å². The molecule has 51 valence electrons. The fourth-order valence-electron chi connectivity index (χ4n) is 0. The summed E-state index contributed by atoms with van der Waals surface area (Å²) in [4.78, 5) is 16.5. The summed E-state index contributed by atoms with van der Waals surface area (Å²) in [6.45, 7) is -1.00. The third kappa shape index (κ3) is 3560. The van der Waals surface area contributed by atoms with E-state index in [4.69, 9.17) is 19.8 Å². The minimum Gasteiger partial charge on any atom is -0.554 e. The van der Waals surface area contributed by atoms with Crippen LogP contribution in [0.3, 0.4) is 0 Å². The van der Waals surface area contributed by atoms with E-state index in [1.165, 1.54) is 0 Å². The maximum Gasteiger partial charge on any atom is 0.0275 e. The predicted molar refractivity (Wildman–Crippen MR) is 12.1 cm³/mol.